The van der Waals surface area contributed by atoms with Gasteiger partial charge in [0.15, 0.2) is 0 Å². The van der Waals surface area contributed by atoms with E-state index in [9.17, 15) is 9.90 Å². The normalized spacial score (nSPS) is 22.0. The summed E-state index contributed by atoms with van der Waals surface area (Å²) < 4.78 is 3.22. The van der Waals surface area contributed by atoms with Gasteiger partial charge in [-0.15, -0.1) is 0 Å². The first-order chi connectivity index (χ1) is 10.1. The summed E-state index contributed by atoms with van der Waals surface area (Å²) in [6.07, 6.45) is 3.67. The van der Waals surface area contributed by atoms with Crippen LogP contribution < -0.4 is 0 Å². The molecule has 2 aromatic rings. The number of nitrogens with zero attached hydrogens (tertiary/aromatic N) is 2. The van der Waals surface area contributed by atoms with Crippen molar-refractivity contribution in [1.82, 2.24) is 9.55 Å². The molecule has 0 bridgehead atoms. The quantitative estimate of drug-likeness (QED) is 0.899. The zero-order valence-corrected chi connectivity index (χ0v) is 13.6. The second-order valence-electron chi connectivity index (χ2n) is 5.74. The van der Waals surface area contributed by atoms with Gasteiger partial charge in [-0.25, -0.2) is 4.98 Å². The molecule has 2 atom stereocenters. The van der Waals surface area contributed by atoms with E-state index < -0.39 is 5.97 Å². The zero-order chi connectivity index (χ0) is 15.0. The molecule has 1 aromatic heterocycles. The van der Waals surface area contributed by atoms with Gasteiger partial charge in [0.05, 0.1) is 17.0 Å². The summed E-state index contributed by atoms with van der Waals surface area (Å²) in [5, 5.41) is 9.44. The van der Waals surface area contributed by atoms with Crippen LogP contribution in [0.4, 0.5) is 0 Å². The second kappa shape index (κ2) is 5.79. The number of aryl methyl sites for hydroxylation is 1. The summed E-state index contributed by atoms with van der Waals surface area (Å²) in [5.74, 6) is 0.0183. The van der Waals surface area contributed by atoms with Gasteiger partial charge >= 0.3 is 5.97 Å². The molecule has 0 saturated heterocycles. The Bertz CT molecular complexity index is 680. The third-order valence-electron chi connectivity index (χ3n) is 4.35. The van der Waals surface area contributed by atoms with E-state index in [-0.39, 0.29) is 11.8 Å². The molecule has 1 heterocycles. The summed E-state index contributed by atoms with van der Waals surface area (Å²) in [4.78, 5) is 16.3. The van der Waals surface area contributed by atoms with Crippen molar-refractivity contribution in [3.05, 3.63) is 28.5 Å². The molecule has 1 fully saturated rings. The lowest BCUT2D eigenvalue weighted by molar-refractivity contribution is -0.142. The lowest BCUT2D eigenvalue weighted by Gasteiger charge is -2.17. The maximum atomic E-state index is 11.5. The summed E-state index contributed by atoms with van der Waals surface area (Å²) >= 11 is 3.48. The van der Waals surface area contributed by atoms with E-state index >= 15 is 0 Å². The highest BCUT2D eigenvalue weighted by Gasteiger charge is 2.37. The molecule has 0 radical (unpaired) electrons. The number of aromatic nitrogens is 2. The predicted molar refractivity (Wildman–Crippen MR) is 85.4 cm³/mol. The summed E-state index contributed by atoms with van der Waals surface area (Å²) in [6, 6.07) is 6.09. The van der Waals surface area contributed by atoms with Crippen molar-refractivity contribution in [3.8, 4) is 0 Å². The van der Waals surface area contributed by atoms with E-state index in [4.69, 9.17) is 4.98 Å². The number of hydrogen-bond donors (Lipinski definition) is 1. The Morgan fingerprint density at radius 3 is 3.00 bits per heavy atom. The molecule has 1 aliphatic rings. The molecule has 21 heavy (non-hydrogen) atoms. The Hall–Kier alpha value is -1.36. The molecule has 2 unspecified atom stereocenters. The predicted octanol–water partition coefficient (Wildman–Crippen LogP) is 4.18. The minimum Gasteiger partial charge on any atom is -0.481 e. The van der Waals surface area contributed by atoms with Crippen LogP contribution in [0.2, 0.25) is 0 Å². The van der Waals surface area contributed by atoms with Crippen molar-refractivity contribution in [2.75, 3.05) is 0 Å². The first-order valence-corrected chi connectivity index (χ1v) is 8.29. The number of rotatable bonds is 4. The Labute approximate surface area is 132 Å². The molecule has 1 aliphatic carbocycles. The molecular weight excluding hydrogens is 332 g/mol. The van der Waals surface area contributed by atoms with Crippen LogP contribution in [0.25, 0.3) is 11.0 Å². The highest BCUT2D eigenvalue weighted by molar-refractivity contribution is 9.10. The van der Waals surface area contributed by atoms with Gasteiger partial charge < -0.3 is 9.67 Å². The lowest BCUT2D eigenvalue weighted by Crippen LogP contribution is -2.20. The van der Waals surface area contributed by atoms with Gasteiger partial charge in [-0.2, -0.15) is 0 Å². The fourth-order valence-electron chi connectivity index (χ4n) is 3.43. The molecule has 0 aliphatic heterocycles. The highest BCUT2D eigenvalue weighted by atomic mass is 79.9. The molecule has 1 aromatic carbocycles. The van der Waals surface area contributed by atoms with E-state index in [0.29, 0.717) is 0 Å². The van der Waals surface area contributed by atoms with E-state index in [1.165, 1.54) is 0 Å². The topological polar surface area (TPSA) is 55.1 Å². The highest BCUT2D eigenvalue weighted by Crippen LogP contribution is 2.40. The minimum absolute atomic E-state index is 0.0419. The fourth-order valence-corrected chi connectivity index (χ4v) is 3.78. The van der Waals surface area contributed by atoms with Gasteiger partial charge in [-0.05, 0) is 37.5 Å². The van der Waals surface area contributed by atoms with Gasteiger partial charge in [0.1, 0.15) is 5.82 Å². The molecule has 0 amide bonds. The van der Waals surface area contributed by atoms with Crippen LogP contribution in [0.5, 0.6) is 0 Å². The third-order valence-corrected chi connectivity index (χ3v) is 4.85. The van der Waals surface area contributed by atoms with E-state index in [1.54, 1.807) is 0 Å². The van der Waals surface area contributed by atoms with Crippen molar-refractivity contribution in [3.63, 3.8) is 0 Å². The van der Waals surface area contributed by atoms with Gasteiger partial charge in [0.2, 0.25) is 0 Å². The molecule has 4 nitrogen and oxygen atoms in total. The second-order valence-corrected chi connectivity index (χ2v) is 6.65. The van der Waals surface area contributed by atoms with Crippen LogP contribution in [0.3, 0.4) is 0 Å². The van der Waals surface area contributed by atoms with Crippen LogP contribution in [0.1, 0.15) is 44.3 Å². The number of aliphatic carboxylic acids is 1. The van der Waals surface area contributed by atoms with Crippen LogP contribution in [-0.4, -0.2) is 20.6 Å². The average molecular weight is 351 g/mol. The Morgan fingerprint density at radius 2 is 2.29 bits per heavy atom. The first kappa shape index (κ1) is 14.6. The molecule has 112 valence electrons. The molecular formula is C16H19BrN2O2. The van der Waals surface area contributed by atoms with E-state index in [0.717, 1.165) is 53.6 Å². The van der Waals surface area contributed by atoms with Crippen LogP contribution in [-0.2, 0) is 11.3 Å². The number of hydrogen-bond acceptors (Lipinski definition) is 2. The standard InChI is InChI=1S/C16H19BrN2O2/c1-2-8-19-14-7-6-10(17)9-13(14)18-15(19)11-4-3-5-12(11)16(20)21/h6-7,9,11-12H,2-5,8H2,1H3,(H,20,21). The summed E-state index contributed by atoms with van der Waals surface area (Å²) in [6.45, 7) is 3.02. The summed E-state index contributed by atoms with van der Waals surface area (Å²) in [7, 11) is 0. The molecule has 5 heteroatoms. The van der Waals surface area contributed by atoms with E-state index in [2.05, 4.69) is 33.5 Å². The van der Waals surface area contributed by atoms with Gasteiger partial charge in [-0.3, -0.25) is 4.79 Å². The van der Waals surface area contributed by atoms with Crippen molar-refractivity contribution < 1.29 is 9.90 Å². The van der Waals surface area contributed by atoms with Crippen LogP contribution >= 0.6 is 15.9 Å². The maximum absolute atomic E-state index is 11.5. The molecule has 1 saturated carbocycles. The number of halogens is 1. The van der Waals surface area contributed by atoms with Gasteiger partial charge in [-0.1, -0.05) is 29.3 Å². The summed E-state index contributed by atoms with van der Waals surface area (Å²) in [5.41, 5.74) is 2.05. The molecule has 1 N–H and O–H groups in total. The smallest absolute Gasteiger partial charge is 0.307 e. The van der Waals surface area contributed by atoms with Crippen LogP contribution in [0, 0.1) is 5.92 Å². The first-order valence-electron chi connectivity index (χ1n) is 7.50. The van der Waals surface area contributed by atoms with Gasteiger partial charge in [0.25, 0.3) is 0 Å². The minimum atomic E-state index is -0.686. The SMILES string of the molecule is CCCn1c(C2CCCC2C(=O)O)nc2cc(Br)ccc21. The maximum Gasteiger partial charge on any atom is 0.307 e. The number of fused-ring (bicyclic) bond motifs is 1. The van der Waals surface area contributed by atoms with Gasteiger partial charge in [0, 0.05) is 16.9 Å². The van der Waals surface area contributed by atoms with Crippen molar-refractivity contribution in [2.45, 2.75) is 45.1 Å². The van der Waals surface area contributed by atoms with Crippen molar-refractivity contribution >= 4 is 32.9 Å². The van der Waals surface area contributed by atoms with Crippen molar-refractivity contribution in [2.24, 2.45) is 5.92 Å². The Balaban J connectivity index is 2.12. The number of imidazole rings is 1. The average Bonchev–Trinajstić information content (AvgIpc) is 3.03. The molecule has 3 rings (SSSR count). The monoisotopic (exact) mass is 350 g/mol. The fraction of sp³-hybridized carbons (Fsp3) is 0.500. The van der Waals surface area contributed by atoms with Crippen LogP contribution in [0.15, 0.2) is 22.7 Å². The number of carbonyl (C=O) groups is 1. The van der Waals surface area contributed by atoms with E-state index in [1.807, 2.05) is 12.1 Å². The lowest BCUT2D eigenvalue weighted by atomic mass is 9.95. The number of benzene rings is 1. The third kappa shape index (κ3) is 2.59. The Morgan fingerprint density at radius 1 is 1.48 bits per heavy atom. The molecule has 0 spiro atoms. The van der Waals surface area contributed by atoms with Crippen molar-refractivity contribution in [1.29, 1.82) is 0 Å². The number of carboxylic acids is 1. The zero-order valence-electron chi connectivity index (χ0n) is 12.1. The largest absolute Gasteiger partial charge is 0.481 e. The Kier molecular flexibility index (Phi) is 4.02. The number of carboxylic acid groups (broad SMARTS) is 1.